The predicted molar refractivity (Wildman–Crippen MR) is 164 cm³/mol. The fourth-order valence-electron chi connectivity index (χ4n) is 5.79. The van der Waals surface area contributed by atoms with Crippen molar-refractivity contribution in [2.24, 2.45) is 0 Å². The SMILES string of the molecule is COc1ccccc1C(CC(=O)C(c1ccccc1)c1ccccc1)NCC1CCCN1C(=O)OCc1ccccc1. The average Bonchev–Trinajstić information content (AvgIpc) is 3.52. The number of nitrogens with one attached hydrogen (secondary N) is 1. The molecule has 6 nitrogen and oxygen atoms in total. The van der Waals surface area contributed by atoms with Crippen molar-refractivity contribution in [3.8, 4) is 5.75 Å². The first-order chi connectivity index (χ1) is 20.6. The number of amides is 1. The van der Waals surface area contributed by atoms with Gasteiger partial charge in [-0.25, -0.2) is 4.79 Å². The van der Waals surface area contributed by atoms with Gasteiger partial charge in [0.2, 0.25) is 0 Å². The number of Topliss-reactive ketones (excluding diaryl/α,β-unsaturated/α-hetero) is 1. The molecule has 1 amide bonds. The number of carbonyl (C=O) groups excluding carboxylic acids is 2. The van der Waals surface area contributed by atoms with Gasteiger partial charge in [0.1, 0.15) is 18.1 Å². The molecule has 4 aromatic carbocycles. The summed E-state index contributed by atoms with van der Waals surface area (Å²) in [4.78, 5) is 29.0. The molecule has 1 fully saturated rings. The van der Waals surface area contributed by atoms with Crippen LogP contribution < -0.4 is 10.1 Å². The summed E-state index contributed by atoms with van der Waals surface area (Å²) in [6.45, 7) is 1.44. The molecule has 0 spiro atoms. The number of para-hydroxylation sites is 1. The van der Waals surface area contributed by atoms with E-state index in [4.69, 9.17) is 9.47 Å². The van der Waals surface area contributed by atoms with Crippen LogP contribution in [-0.2, 0) is 16.1 Å². The van der Waals surface area contributed by atoms with Crippen molar-refractivity contribution in [3.05, 3.63) is 138 Å². The zero-order valence-corrected chi connectivity index (χ0v) is 24.0. The number of benzene rings is 4. The molecule has 0 aliphatic carbocycles. The molecule has 2 atom stereocenters. The van der Waals surface area contributed by atoms with Crippen molar-refractivity contribution >= 4 is 11.9 Å². The van der Waals surface area contributed by atoms with Crippen LogP contribution in [0.1, 0.15) is 53.5 Å². The maximum Gasteiger partial charge on any atom is 0.410 e. The molecule has 1 heterocycles. The number of hydrogen-bond donors (Lipinski definition) is 1. The number of hydrogen-bond acceptors (Lipinski definition) is 5. The van der Waals surface area contributed by atoms with E-state index < -0.39 is 0 Å². The first-order valence-electron chi connectivity index (χ1n) is 14.6. The van der Waals surface area contributed by atoms with Crippen LogP contribution in [0.15, 0.2) is 115 Å². The fourth-order valence-corrected chi connectivity index (χ4v) is 5.79. The highest BCUT2D eigenvalue weighted by atomic mass is 16.6. The molecule has 6 heteroatoms. The quantitative estimate of drug-likeness (QED) is 0.203. The summed E-state index contributed by atoms with van der Waals surface area (Å²) in [6, 6.07) is 37.1. The Morgan fingerprint density at radius 1 is 0.833 bits per heavy atom. The number of methoxy groups -OCH3 is 1. The molecule has 1 aliphatic rings. The number of likely N-dealkylation sites (tertiary alicyclic amines) is 1. The largest absolute Gasteiger partial charge is 0.496 e. The molecule has 2 unspecified atom stereocenters. The molecule has 0 saturated carbocycles. The van der Waals surface area contributed by atoms with Gasteiger partial charge in [0.15, 0.2) is 0 Å². The van der Waals surface area contributed by atoms with Crippen LogP contribution in [0.5, 0.6) is 5.75 Å². The van der Waals surface area contributed by atoms with E-state index in [-0.39, 0.29) is 42.9 Å². The van der Waals surface area contributed by atoms with Crippen LogP contribution in [0.4, 0.5) is 4.79 Å². The minimum Gasteiger partial charge on any atom is -0.496 e. The van der Waals surface area contributed by atoms with Crippen LogP contribution in [-0.4, -0.2) is 43.0 Å². The highest BCUT2D eigenvalue weighted by molar-refractivity contribution is 5.89. The molecule has 0 radical (unpaired) electrons. The van der Waals surface area contributed by atoms with Gasteiger partial charge in [-0.05, 0) is 35.6 Å². The van der Waals surface area contributed by atoms with Gasteiger partial charge in [0.25, 0.3) is 0 Å². The lowest BCUT2D eigenvalue weighted by Gasteiger charge is -2.28. The summed E-state index contributed by atoms with van der Waals surface area (Å²) >= 11 is 0. The number of nitrogens with zero attached hydrogens (tertiary/aromatic N) is 1. The van der Waals surface area contributed by atoms with Gasteiger partial charge in [-0.1, -0.05) is 109 Å². The standard InChI is InChI=1S/C36H38N2O4/c1-41-34-22-12-11-21-31(34)32(24-33(39)35(28-16-7-3-8-17-28)29-18-9-4-10-19-29)37-25-30-20-13-23-38(30)36(40)42-26-27-14-5-2-6-15-27/h2-12,14-19,21-22,30,32,35,37H,13,20,23-26H2,1H3. The second kappa shape index (κ2) is 14.5. The Bertz CT molecular complexity index is 1390. The zero-order valence-electron chi connectivity index (χ0n) is 24.0. The van der Waals surface area contributed by atoms with E-state index in [0.717, 1.165) is 40.8 Å². The van der Waals surface area contributed by atoms with E-state index in [1.54, 1.807) is 7.11 Å². The summed E-state index contributed by atoms with van der Waals surface area (Å²) in [5.74, 6) is 0.452. The molecule has 5 rings (SSSR count). The summed E-state index contributed by atoms with van der Waals surface area (Å²) in [7, 11) is 1.65. The third-order valence-electron chi connectivity index (χ3n) is 7.92. The van der Waals surface area contributed by atoms with Crippen LogP contribution in [0.3, 0.4) is 0 Å². The van der Waals surface area contributed by atoms with Crippen molar-refractivity contribution in [2.45, 2.75) is 43.9 Å². The Hall–Kier alpha value is -4.42. The molecule has 1 N–H and O–H groups in total. The third kappa shape index (κ3) is 7.25. The first-order valence-corrected chi connectivity index (χ1v) is 14.6. The Balaban J connectivity index is 1.33. The van der Waals surface area contributed by atoms with Gasteiger partial charge in [-0.2, -0.15) is 0 Å². The molecule has 216 valence electrons. The highest BCUT2D eigenvalue weighted by Crippen LogP contribution is 2.33. The lowest BCUT2D eigenvalue weighted by molar-refractivity contribution is -0.120. The van der Waals surface area contributed by atoms with Crippen molar-refractivity contribution in [1.82, 2.24) is 10.2 Å². The smallest absolute Gasteiger partial charge is 0.410 e. The van der Waals surface area contributed by atoms with Crippen LogP contribution in [0.25, 0.3) is 0 Å². The molecule has 1 aliphatic heterocycles. The van der Waals surface area contributed by atoms with E-state index in [9.17, 15) is 9.59 Å². The summed E-state index contributed by atoms with van der Waals surface area (Å²) in [6.07, 6.45) is 1.74. The molecular weight excluding hydrogens is 524 g/mol. The van der Waals surface area contributed by atoms with Gasteiger partial charge in [-0.15, -0.1) is 0 Å². The summed E-state index contributed by atoms with van der Waals surface area (Å²) in [5.41, 5.74) is 3.82. The summed E-state index contributed by atoms with van der Waals surface area (Å²) in [5, 5.41) is 3.65. The molecule has 0 bridgehead atoms. The maximum atomic E-state index is 14.2. The van der Waals surface area contributed by atoms with Crippen molar-refractivity contribution in [3.63, 3.8) is 0 Å². The van der Waals surface area contributed by atoms with Crippen LogP contribution in [0.2, 0.25) is 0 Å². The van der Waals surface area contributed by atoms with E-state index in [2.05, 4.69) is 5.32 Å². The highest BCUT2D eigenvalue weighted by Gasteiger charge is 2.32. The molecule has 42 heavy (non-hydrogen) atoms. The number of rotatable bonds is 12. The predicted octanol–water partition coefficient (Wildman–Crippen LogP) is 6.92. The average molecular weight is 563 g/mol. The summed E-state index contributed by atoms with van der Waals surface area (Å²) < 4.78 is 11.4. The fraction of sp³-hybridized carbons (Fsp3) is 0.278. The second-order valence-electron chi connectivity index (χ2n) is 10.7. The Morgan fingerprint density at radius 2 is 1.43 bits per heavy atom. The zero-order chi connectivity index (χ0) is 29.1. The van der Waals surface area contributed by atoms with Crippen LogP contribution in [0, 0.1) is 0 Å². The second-order valence-corrected chi connectivity index (χ2v) is 10.7. The molecule has 0 aromatic heterocycles. The van der Waals surface area contributed by atoms with Crippen molar-refractivity contribution in [1.29, 1.82) is 0 Å². The molecule has 4 aromatic rings. The number of carbonyl (C=O) groups is 2. The van der Waals surface area contributed by atoms with Gasteiger partial charge in [0.05, 0.1) is 13.0 Å². The number of ether oxygens (including phenoxy) is 2. The van der Waals surface area contributed by atoms with Gasteiger partial charge >= 0.3 is 6.09 Å². The van der Waals surface area contributed by atoms with E-state index in [1.165, 1.54) is 0 Å². The lowest BCUT2D eigenvalue weighted by atomic mass is 9.84. The topological polar surface area (TPSA) is 67.9 Å². The third-order valence-corrected chi connectivity index (χ3v) is 7.92. The minimum absolute atomic E-state index is 0.0281. The Labute approximate surface area is 248 Å². The normalized spacial score (nSPS) is 15.4. The maximum absolute atomic E-state index is 14.2. The Kier molecular flexibility index (Phi) is 10.0. The van der Waals surface area contributed by atoms with E-state index >= 15 is 0 Å². The van der Waals surface area contributed by atoms with Crippen molar-refractivity contribution < 1.29 is 19.1 Å². The monoisotopic (exact) mass is 562 g/mol. The van der Waals surface area contributed by atoms with E-state index in [0.29, 0.717) is 13.1 Å². The van der Waals surface area contributed by atoms with Gasteiger partial charge in [-0.3, -0.25) is 4.79 Å². The lowest BCUT2D eigenvalue weighted by Crippen LogP contribution is -2.43. The molecule has 1 saturated heterocycles. The Morgan fingerprint density at radius 3 is 2.07 bits per heavy atom. The van der Waals surface area contributed by atoms with Gasteiger partial charge < -0.3 is 19.7 Å². The minimum atomic E-state index is -0.387. The van der Waals surface area contributed by atoms with Crippen molar-refractivity contribution in [2.75, 3.05) is 20.2 Å². The van der Waals surface area contributed by atoms with E-state index in [1.807, 2.05) is 120 Å². The van der Waals surface area contributed by atoms with Gasteiger partial charge in [0, 0.05) is 37.2 Å². The molecular formula is C36H38N2O4. The first kappa shape index (κ1) is 29.1. The van der Waals surface area contributed by atoms with Crippen LogP contribution >= 0.6 is 0 Å². The number of ketones is 1.